The quantitative estimate of drug-likeness (QED) is 0.303. The zero-order valence-electron chi connectivity index (χ0n) is 18.5. The Bertz CT molecular complexity index is 1460. The van der Waals surface area contributed by atoms with E-state index in [2.05, 4.69) is 15.4 Å². The lowest BCUT2D eigenvalue weighted by atomic mass is 10.0. The van der Waals surface area contributed by atoms with E-state index in [4.69, 9.17) is 11.6 Å². The molecule has 182 valence electrons. The second-order valence-corrected chi connectivity index (χ2v) is 11.5. The highest BCUT2D eigenvalue weighted by Gasteiger charge is 2.39. The van der Waals surface area contributed by atoms with Crippen molar-refractivity contribution in [2.75, 3.05) is 11.5 Å². The lowest BCUT2D eigenvalue weighted by Gasteiger charge is -2.30. The predicted molar refractivity (Wildman–Crippen MR) is 132 cm³/mol. The number of hydrogen-bond donors (Lipinski definition) is 3. The summed E-state index contributed by atoms with van der Waals surface area (Å²) in [6, 6.07) is 13.4. The van der Waals surface area contributed by atoms with Crippen molar-refractivity contribution in [2.45, 2.75) is 18.9 Å². The average Bonchev–Trinajstić information content (AvgIpc) is 3.30. The van der Waals surface area contributed by atoms with Gasteiger partial charge in [-0.05, 0) is 67.9 Å². The van der Waals surface area contributed by atoms with Gasteiger partial charge in [0.1, 0.15) is 16.7 Å². The van der Waals surface area contributed by atoms with E-state index in [1.807, 2.05) is 0 Å². The van der Waals surface area contributed by atoms with Crippen LogP contribution in [0.5, 0.6) is 0 Å². The van der Waals surface area contributed by atoms with Crippen LogP contribution in [0.15, 0.2) is 54.6 Å². The molecule has 1 saturated heterocycles. The van der Waals surface area contributed by atoms with E-state index in [1.165, 1.54) is 41.1 Å². The molecule has 1 atom stereocenters. The Balaban J connectivity index is 1.61. The molecule has 1 amide bonds. The zero-order chi connectivity index (χ0) is 25.0. The lowest BCUT2D eigenvalue weighted by molar-refractivity contribution is 0.0915. The molecule has 0 saturated carbocycles. The molecule has 2 aromatic heterocycles. The van der Waals surface area contributed by atoms with Crippen LogP contribution in [0.2, 0.25) is 5.15 Å². The predicted octanol–water partition coefficient (Wildman–Crippen LogP) is 5.66. The van der Waals surface area contributed by atoms with Crippen molar-refractivity contribution in [3.63, 3.8) is 0 Å². The number of halogens is 3. The molecule has 1 aliphatic heterocycles. The Hall–Kier alpha value is -3.05. The molecule has 0 spiro atoms. The molecule has 4 aromatic rings. The fourth-order valence-corrected chi connectivity index (χ4v) is 6.61. The smallest absolute Gasteiger partial charge is 0.251 e. The number of benzene rings is 2. The molecular weight excluding hydrogens is 498 g/mol. The SMILES string of the molecule is CC1(NC(=O)c2ccc3c(-c4ccc(Cl)nc4F)nn(-c4ccc(F)cc4)c3c2)CCS(O)(O)C1. The summed E-state index contributed by atoms with van der Waals surface area (Å²) >= 11 is 5.81. The van der Waals surface area contributed by atoms with Crippen molar-refractivity contribution in [3.8, 4) is 16.9 Å². The third-order valence-electron chi connectivity index (χ3n) is 6.03. The minimum atomic E-state index is -2.71. The number of carbonyl (C=O) groups is 1. The molecule has 0 bridgehead atoms. The van der Waals surface area contributed by atoms with Crippen LogP contribution in [0.4, 0.5) is 8.78 Å². The standard InChI is InChI=1S/C24H21ClF2N4O3S/c1-24(10-11-35(33,34)13-24)29-23(32)14-2-7-17-19(12-14)31(16-5-3-15(26)4-6-16)30-21(17)18-8-9-20(25)28-22(18)27/h2-9,12,33-34H,10-11,13H2,1H3,(H,29,32). The van der Waals surface area contributed by atoms with Gasteiger partial charge in [-0.25, -0.2) is 14.1 Å². The van der Waals surface area contributed by atoms with Crippen molar-refractivity contribution in [2.24, 2.45) is 0 Å². The van der Waals surface area contributed by atoms with Gasteiger partial charge in [0.25, 0.3) is 5.91 Å². The summed E-state index contributed by atoms with van der Waals surface area (Å²) in [5.41, 5.74) is 0.988. The van der Waals surface area contributed by atoms with Crippen LogP contribution in [0.1, 0.15) is 23.7 Å². The van der Waals surface area contributed by atoms with Crippen LogP contribution >= 0.6 is 22.2 Å². The molecule has 1 unspecified atom stereocenters. The van der Waals surface area contributed by atoms with E-state index in [1.54, 1.807) is 25.1 Å². The third-order valence-corrected chi connectivity index (χ3v) is 8.20. The van der Waals surface area contributed by atoms with Gasteiger partial charge in [-0.2, -0.15) is 20.1 Å². The summed E-state index contributed by atoms with van der Waals surface area (Å²) < 4.78 is 49.7. The maximum absolute atomic E-state index is 14.7. The van der Waals surface area contributed by atoms with Crippen LogP contribution in [0.3, 0.4) is 0 Å². The Labute approximate surface area is 206 Å². The van der Waals surface area contributed by atoms with Crippen molar-refractivity contribution in [1.82, 2.24) is 20.1 Å². The monoisotopic (exact) mass is 518 g/mol. The maximum atomic E-state index is 14.7. The molecule has 1 aliphatic rings. The second-order valence-electron chi connectivity index (χ2n) is 8.86. The molecular formula is C24H21ClF2N4O3S. The Morgan fingerprint density at radius 1 is 1.14 bits per heavy atom. The minimum Gasteiger partial charge on any atom is -0.345 e. The van der Waals surface area contributed by atoms with Crippen molar-refractivity contribution < 1.29 is 22.7 Å². The Morgan fingerprint density at radius 3 is 2.54 bits per heavy atom. The minimum absolute atomic E-state index is 0.00417. The van der Waals surface area contributed by atoms with Gasteiger partial charge < -0.3 is 5.32 Å². The number of fused-ring (bicyclic) bond motifs is 1. The molecule has 5 rings (SSSR count). The number of nitrogens with zero attached hydrogens (tertiary/aromatic N) is 3. The fraction of sp³-hybridized carbons (Fsp3) is 0.208. The van der Waals surface area contributed by atoms with E-state index < -0.39 is 27.9 Å². The first-order valence-corrected chi connectivity index (χ1v) is 13.0. The summed E-state index contributed by atoms with van der Waals surface area (Å²) in [4.78, 5) is 16.8. The van der Waals surface area contributed by atoms with E-state index in [0.717, 1.165) is 0 Å². The average molecular weight is 519 g/mol. The normalized spacial score (nSPS) is 20.2. The van der Waals surface area contributed by atoms with E-state index in [0.29, 0.717) is 28.6 Å². The summed E-state index contributed by atoms with van der Waals surface area (Å²) in [5, 5.41) is 8.03. The van der Waals surface area contributed by atoms with Gasteiger partial charge in [-0.15, -0.1) is 0 Å². The zero-order valence-corrected chi connectivity index (χ0v) is 20.1. The Kier molecular flexibility index (Phi) is 5.79. The third kappa shape index (κ3) is 4.62. The molecule has 0 aliphatic carbocycles. The number of amides is 1. The van der Waals surface area contributed by atoms with Gasteiger partial charge in [0.2, 0.25) is 5.95 Å². The number of rotatable bonds is 4. The summed E-state index contributed by atoms with van der Waals surface area (Å²) in [6.45, 7) is 1.78. The molecule has 1 fully saturated rings. The van der Waals surface area contributed by atoms with Crippen LogP contribution < -0.4 is 5.32 Å². The molecule has 35 heavy (non-hydrogen) atoms. The molecule has 3 N–H and O–H groups in total. The van der Waals surface area contributed by atoms with E-state index in [9.17, 15) is 22.7 Å². The van der Waals surface area contributed by atoms with Crippen LogP contribution in [-0.4, -0.2) is 46.8 Å². The summed E-state index contributed by atoms with van der Waals surface area (Å²) in [6.07, 6.45) is 0.448. The van der Waals surface area contributed by atoms with Gasteiger partial charge in [-0.1, -0.05) is 11.6 Å². The molecule has 2 aromatic carbocycles. The van der Waals surface area contributed by atoms with Gasteiger partial charge in [-0.3, -0.25) is 13.9 Å². The Morgan fingerprint density at radius 2 is 1.89 bits per heavy atom. The highest BCUT2D eigenvalue weighted by molar-refractivity contribution is 8.24. The van der Waals surface area contributed by atoms with Gasteiger partial charge in [0, 0.05) is 16.7 Å². The van der Waals surface area contributed by atoms with Crippen molar-refractivity contribution in [1.29, 1.82) is 0 Å². The maximum Gasteiger partial charge on any atom is 0.251 e. The largest absolute Gasteiger partial charge is 0.345 e. The van der Waals surface area contributed by atoms with Gasteiger partial charge in [0.15, 0.2) is 0 Å². The molecule has 11 heteroatoms. The lowest BCUT2D eigenvalue weighted by Crippen LogP contribution is -2.46. The van der Waals surface area contributed by atoms with Crippen LogP contribution in [-0.2, 0) is 0 Å². The number of nitrogens with one attached hydrogen (secondary N) is 1. The van der Waals surface area contributed by atoms with Crippen molar-refractivity contribution in [3.05, 3.63) is 77.1 Å². The highest BCUT2D eigenvalue weighted by Crippen LogP contribution is 2.50. The first kappa shape index (κ1) is 23.7. The van der Waals surface area contributed by atoms with Crippen LogP contribution in [0.25, 0.3) is 27.8 Å². The van der Waals surface area contributed by atoms with Crippen molar-refractivity contribution >= 4 is 39.0 Å². The number of pyridine rings is 1. The molecule has 0 radical (unpaired) electrons. The van der Waals surface area contributed by atoms with E-state index >= 15 is 0 Å². The fourth-order valence-electron chi connectivity index (χ4n) is 4.31. The first-order valence-electron chi connectivity index (χ1n) is 10.7. The van der Waals surface area contributed by atoms with Gasteiger partial charge in [0.05, 0.1) is 28.1 Å². The van der Waals surface area contributed by atoms with Gasteiger partial charge >= 0.3 is 0 Å². The first-order chi connectivity index (χ1) is 16.5. The summed E-state index contributed by atoms with van der Waals surface area (Å²) in [5.74, 6) is -1.27. The van der Waals surface area contributed by atoms with E-state index in [-0.39, 0.29) is 33.8 Å². The number of hydrogen-bond acceptors (Lipinski definition) is 5. The topological polar surface area (TPSA) is 100 Å². The number of carbonyl (C=O) groups excluding carboxylic acids is 1. The number of aromatic nitrogens is 3. The van der Waals surface area contributed by atoms with Crippen LogP contribution in [0, 0.1) is 11.8 Å². The molecule has 3 heterocycles. The highest BCUT2D eigenvalue weighted by atomic mass is 35.5. The second kappa shape index (κ2) is 8.56. The molecule has 7 nitrogen and oxygen atoms in total. The summed E-state index contributed by atoms with van der Waals surface area (Å²) in [7, 11) is -2.71.